The Hall–Kier alpha value is -1.35. The SMILES string of the molecule is COc1ccc(Cl)cc1S(=O)(=O)N[C@H](C)C(=O)NC1CCN(C)CC1. The molecule has 0 radical (unpaired) electrons. The molecule has 0 unspecified atom stereocenters. The second-order valence-electron chi connectivity index (χ2n) is 6.22. The second kappa shape index (κ2) is 8.35. The third-order valence-electron chi connectivity index (χ3n) is 4.21. The van der Waals surface area contributed by atoms with Gasteiger partial charge in [0, 0.05) is 11.1 Å². The molecule has 1 atom stereocenters. The Morgan fingerprint density at radius 1 is 1.36 bits per heavy atom. The van der Waals surface area contributed by atoms with Gasteiger partial charge < -0.3 is 15.0 Å². The molecule has 0 spiro atoms. The Bertz CT molecular complexity index is 718. The molecule has 140 valence electrons. The number of hydrogen-bond donors (Lipinski definition) is 2. The quantitative estimate of drug-likeness (QED) is 0.764. The first-order chi connectivity index (χ1) is 11.7. The van der Waals surface area contributed by atoms with Crippen molar-refractivity contribution in [1.82, 2.24) is 14.9 Å². The fraction of sp³-hybridized carbons (Fsp3) is 0.562. The summed E-state index contributed by atoms with van der Waals surface area (Å²) in [4.78, 5) is 14.4. The molecule has 2 N–H and O–H groups in total. The smallest absolute Gasteiger partial charge is 0.245 e. The van der Waals surface area contributed by atoms with Crippen LogP contribution < -0.4 is 14.8 Å². The molecule has 0 bridgehead atoms. The van der Waals surface area contributed by atoms with Gasteiger partial charge in [-0.25, -0.2) is 8.42 Å². The van der Waals surface area contributed by atoms with Crippen LogP contribution in [0.2, 0.25) is 5.02 Å². The number of carbonyl (C=O) groups is 1. The number of piperidine rings is 1. The fourth-order valence-electron chi connectivity index (χ4n) is 2.69. The van der Waals surface area contributed by atoms with Gasteiger partial charge in [-0.2, -0.15) is 4.72 Å². The van der Waals surface area contributed by atoms with Crippen molar-refractivity contribution in [1.29, 1.82) is 0 Å². The highest BCUT2D eigenvalue weighted by Crippen LogP contribution is 2.27. The topological polar surface area (TPSA) is 87.7 Å². The van der Waals surface area contributed by atoms with Crippen molar-refractivity contribution in [3.8, 4) is 5.75 Å². The molecule has 9 heteroatoms. The minimum atomic E-state index is -3.95. The van der Waals surface area contributed by atoms with Gasteiger partial charge in [-0.1, -0.05) is 11.6 Å². The van der Waals surface area contributed by atoms with Crippen molar-refractivity contribution in [2.45, 2.75) is 36.7 Å². The number of carbonyl (C=O) groups excluding carboxylic acids is 1. The van der Waals surface area contributed by atoms with Gasteiger partial charge in [-0.3, -0.25) is 4.79 Å². The molecule has 1 heterocycles. The van der Waals surface area contributed by atoms with Gasteiger partial charge >= 0.3 is 0 Å². The van der Waals surface area contributed by atoms with Crippen LogP contribution in [0.3, 0.4) is 0 Å². The molecule has 1 aliphatic heterocycles. The molecular formula is C16H24ClN3O4S. The second-order valence-corrected chi connectivity index (χ2v) is 8.34. The fourth-order valence-corrected chi connectivity index (χ4v) is 4.32. The van der Waals surface area contributed by atoms with Gasteiger partial charge in [-0.15, -0.1) is 0 Å². The number of nitrogens with zero attached hydrogens (tertiary/aromatic N) is 1. The van der Waals surface area contributed by atoms with Crippen molar-refractivity contribution in [3.63, 3.8) is 0 Å². The van der Waals surface area contributed by atoms with Crippen LogP contribution in [0.4, 0.5) is 0 Å². The maximum absolute atomic E-state index is 12.6. The first kappa shape index (κ1) is 20.0. The van der Waals surface area contributed by atoms with Gasteiger partial charge in [0.2, 0.25) is 15.9 Å². The number of rotatable bonds is 6. The predicted molar refractivity (Wildman–Crippen MR) is 96.4 cm³/mol. The maximum atomic E-state index is 12.6. The summed E-state index contributed by atoms with van der Waals surface area (Å²) < 4.78 is 32.6. The zero-order chi connectivity index (χ0) is 18.6. The van der Waals surface area contributed by atoms with E-state index in [9.17, 15) is 13.2 Å². The molecule has 1 aromatic rings. The van der Waals surface area contributed by atoms with E-state index in [2.05, 4.69) is 14.9 Å². The van der Waals surface area contributed by atoms with E-state index in [-0.39, 0.29) is 27.6 Å². The zero-order valence-electron chi connectivity index (χ0n) is 14.6. The molecule has 0 saturated carbocycles. The van der Waals surface area contributed by atoms with E-state index in [1.54, 1.807) is 0 Å². The molecular weight excluding hydrogens is 366 g/mol. The summed E-state index contributed by atoms with van der Waals surface area (Å²) in [5.41, 5.74) is 0. The lowest BCUT2D eigenvalue weighted by Gasteiger charge is -2.30. The normalized spacial score (nSPS) is 17.9. The summed E-state index contributed by atoms with van der Waals surface area (Å²) in [6.07, 6.45) is 1.70. The number of methoxy groups -OCH3 is 1. The monoisotopic (exact) mass is 389 g/mol. The summed E-state index contributed by atoms with van der Waals surface area (Å²) in [5.74, 6) is -0.182. The van der Waals surface area contributed by atoms with Crippen LogP contribution in [0, 0.1) is 0 Å². The molecule has 25 heavy (non-hydrogen) atoms. The molecule has 1 aliphatic rings. The highest BCUT2D eigenvalue weighted by atomic mass is 35.5. The van der Waals surface area contributed by atoms with Gasteiger partial charge in [0.05, 0.1) is 13.2 Å². The van der Waals surface area contributed by atoms with Gasteiger partial charge in [0.1, 0.15) is 10.6 Å². The predicted octanol–water partition coefficient (Wildman–Crippen LogP) is 1.23. The number of nitrogens with one attached hydrogen (secondary N) is 2. The van der Waals surface area contributed by atoms with Crippen LogP contribution in [0.5, 0.6) is 5.75 Å². The van der Waals surface area contributed by atoms with Crippen molar-refractivity contribution < 1.29 is 17.9 Å². The summed E-state index contributed by atoms with van der Waals surface area (Å²) >= 11 is 5.89. The van der Waals surface area contributed by atoms with E-state index in [4.69, 9.17) is 16.3 Å². The number of hydrogen-bond acceptors (Lipinski definition) is 5. The first-order valence-corrected chi connectivity index (χ1v) is 9.94. The average molecular weight is 390 g/mol. The summed E-state index contributed by atoms with van der Waals surface area (Å²) in [7, 11) is -0.539. The van der Waals surface area contributed by atoms with E-state index in [1.165, 1.54) is 32.2 Å². The first-order valence-electron chi connectivity index (χ1n) is 8.07. The Labute approximate surface area is 153 Å². The molecule has 7 nitrogen and oxygen atoms in total. The van der Waals surface area contributed by atoms with Crippen LogP contribution >= 0.6 is 11.6 Å². The minimum absolute atomic E-state index is 0.0661. The highest BCUT2D eigenvalue weighted by Gasteiger charge is 2.27. The average Bonchev–Trinajstić information content (AvgIpc) is 2.56. The summed E-state index contributed by atoms with van der Waals surface area (Å²) in [5, 5.41) is 3.17. The van der Waals surface area contributed by atoms with E-state index < -0.39 is 16.1 Å². The van der Waals surface area contributed by atoms with E-state index in [1.807, 2.05) is 7.05 Å². The molecule has 1 amide bonds. The number of benzene rings is 1. The minimum Gasteiger partial charge on any atom is -0.495 e. The lowest BCUT2D eigenvalue weighted by molar-refractivity contribution is -0.123. The Morgan fingerprint density at radius 2 is 2.00 bits per heavy atom. The van der Waals surface area contributed by atoms with Gasteiger partial charge in [0.25, 0.3) is 0 Å². The van der Waals surface area contributed by atoms with Crippen molar-refractivity contribution >= 4 is 27.5 Å². The number of amides is 1. The molecule has 0 aromatic heterocycles. The summed E-state index contributed by atoms with van der Waals surface area (Å²) in [6.45, 7) is 3.33. The van der Waals surface area contributed by atoms with Crippen LogP contribution in [0.1, 0.15) is 19.8 Å². The molecule has 1 fully saturated rings. The Balaban J connectivity index is 2.04. The molecule has 1 aromatic carbocycles. The zero-order valence-corrected chi connectivity index (χ0v) is 16.2. The van der Waals surface area contributed by atoms with Crippen molar-refractivity contribution in [3.05, 3.63) is 23.2 Å². The van der Waals surface area contributed by atoms with Crippen molar-refractivity contribution in [2.75, 3.05) is 27.2 Å². The number of likely N-dealkylation sites (tertiary alicyclic amines) is 1. The van der Waals surface area contributed by atoms with Crippen molar-refractivity contribution in [2.24, 2.45) is 0 Å². The number of ether oxygens (including phenoxy) is 1. The Kier molecular flexibility index (Phi) is 6.67. The van der Waals surface area contributed by atoms with Gasteiger partial charge in [0.15, 0.2) is 0 Å². The molecule has 1 saturated heterocycles. The Morgan fingerprint density at radius 3 is 2.60 bits per heavy atom. The standard InChI is InChI=1S/C16H24ClN3O4S/c1-11(16(21)18-13-6-8-20(2)9-7-13)19-25(22,23)15-10-12(17)4-5-14(15)24-3/h4-5,10-11,13,19H,6-9H2,1-3H3,(H,18,21)/t11-/m1/s1. The third-order valence-corrected chi connectivity index (χ3v) is 6.00. The number of sulfonamides is 1. The van der Waals surface area contributed by atoms with Crippen LogP contribution in [0.15, 0.2) is 23.1 Å². The molecule has 0 aliphatic carbocycles. The van der Waals surface area contributed by atoms with Crippen LogP contribution in [-0.4, -0.2) is 58.6 Å². The van der Waals surface area contributed by atoms with E-state index in [0.717, 1.165) is 25.9 Å². The van der Waals surface area contributed by atoms with Crippen LogP contribution in [0.25, 0.3) is 0 Å². The highest BCUT2D eigenvalue weighted by molar-refractivity contribution is 7.89. The third kappa shape index (κ3) is 5.31. The van der Waals surface area contributed by atoms with E-state index >= 15 is 0 Å². The van der Waals surface area contributed by atoms with E-state index in [0.29, 0.717) is 0 Å². The lowest BCUT2D eigenvalue weighted by Crippen LogP contribution is -2.50. The largest absolute Gasteiger partial charge is 0.495 e. The maximum Gasteiger partial charge on any atom is 0.245 e. The number of halogens is 1. The summed E-state index contributed by atoms with van der Waals surface area (Å²) in [6, 6.07) is 3.46. The van der Waals surface area contributed by atoms with Crippen LogP contribution in [-0.2, 0) is 14.8 Å². The lowest BCUT2D eigenvalue weighted by atomic mass is 10.1. The molecule has 2 rings (SSSR count). The van der Waals surface area contributed by atoms with Gasteiger partial charge in [-0.05, 0) is 58.1 Å².